The number of ether oxygens (including phenoxy) is 3. The van der Waals surface area contributed by atoms with Crippen LogP contribution in [0, 0.1) is 6.92 Å². The Kier molecular flexibility index (Phi) is 5.27. The van der Waals surface area contributed by atoms with Crippen LogP contribution >= 0.6 is 11.3 Å². The lowest BCUT2D eigenvalue weighted by atomic mass is 9.97. The molecule has 4 rings (SSSR count). The number of hydrogen-bond donors (Lipinski definition) is 1. The minimum absolute atomic E-state index is 0.0555. The van der Waals surface area contributed by atoms with Crippen molar-refractivity contribution < 1.29 is 19.0 Å². The summed E-state index contributed by atoms with van der Waals surface area (Å²) in [6.45, 7) is 1.80. The van der Waals surface area contributed by atoms with Gasteiger partial charge in [0.2, 0.25) is 0 Å². The van der Waals surface area contributed by atoms with Crippen LogP contribution in [-0.4, -0.2) is 30.2 Å². The quantitative estimate of drug-likeness (QED) is 0.635. The van der Waals surface area contributed by atoms with Gasteiger partial charge in [-0.25, -0.2) is 14.8 Å². The standard InChI is InChI=1S/C21H23N3O4S/c1-11-14(26-2)8-12(9-15(11)27-3)21(25)28-10-17-23-19(22)18-13-6-4-5-7-16(13)29-20(18)24-17/h8-9H,4-7,10H2,1-3H3,(H2,22,23,24). The Morgan fingerprint density at radius 2 is 1.83 bits per heavy atom. The molecule has 0 aliphatic heterocycles. The maximum absolute atomic E-state index is 12.6. The zero-order chi connectivity index (χ0) is 20.5. The van der Waals surface area contributed by atoms with Gasteiger partial charge in [0.15, 0.2) is 12.4 Å². The highest BCUT2D eigenvalue weighted by Crippen LogP contribution is 2.37. The average Bonchev–Trinajstić information content (AvgIpc) is 3.11. The molecule has 0 saturated heterocycles. The Bertz CT molecular complexity index is 1070. The molecule has 2 aromatic heterocycles. The van der Waals surface area contributed by atoms with Crippen LogP contribution in [0.1, 0.15) is 45.0 Å². The van der Waals surface area contributed by atoms with Gasteiger partial charge in [0.1, 0.15) is 22.1 Å². The van der Waals surface area contributed by atoms with Gasteiger partial charge in [0.25, 0.3) is 0 Å². The van der Waals surface area contributed by atoms with Gasteiger partial charge in [-0.05, 0) is 50.3 Å². The molecule has 8 heteroatoms. The smallest absolute Gasteiger partial charge is 0.338 e. The Labute approximate surface area is 172 Å². The first-order valence-electron chi connectivity index (χ1n) is 9.48. The molecule has 0 amide bonds. The number of nitrogen functional groups attached to an aromatic ring is 1. The van der Waals surface area contributed by atoms with E-state index in [4.69, 9.17) is 19.9 Å². The second kappa shape index (κ2) is 7.87. The third-order valence-electron chi connectivity index (χ3n) is 5.21. The zero-order valence-electron chi connectivity index (χ0n) is 16.7. The summed E-state index contributed by atoms with van der Waals surface area (Å²) >= 11 is 1.67. The first-order valence-corrected chi connectivity index (χ1v) is 10.3. The fraction of sp³-hybridized carbons (Fsp3) is 0.381. The molecule has 0 fully saturated rings. The molecule has 2 N–H and O–H groups in total. The minimum Gasteiger partial charge on any atom is -0.496 e. The molecule has 2 heterocycles. The minimum atomic E-state index is -0.505. The number of carbonyl (C=O) groups excluding carboxylic acids is 1. The maximum atomic E-state index is 12.6. The van der Waals surface area contributed by atoms with Gasteiger partial charge in [0.05, 0.1) is 25.2 Å². The summed E-state index contributed by atoms with van der Waals surface area (Å²) in [5, 5.41) is 0.966. The van der Waals surface area contributed by atoms with Crippen LogP contribution in [0.5, 0.6) is 11.5 Å². The van der Waals surface area contributed by atoms with Crippen LogP contribution in [-0.2, 0) is 24.2 Å². The predicted octanol–water partition coefficient (Wildman–Crippen LogP) is 3.83. The summed E-state index contributed by atoms with van der Waals surface area (Å²) in [5.74, 6) is 1.46. The van der Waals surface area contributed by atoms with E-state index in [-0.39, 0.29) is 6.61 Å². The second-order valence-electron chi connectivity index (χ2n) is 7.00. The van der Waals surface area contributed by atoms with Crippen molar-refractivity contribution in [2.75, 3.05) is 20.0 Å². The van der Waals surface area contributed by atoms with Crippen LogP contribution in [0.3, 0.4) is 0 Å². The van der Waals surface area contributed by atoms with Gasteiger partial charge in [-0.3, -0.25) is 0 Å². The highest BCUT2D eigenvalue weighted by Gasteiger charge is 2.21. The van der Waals surface area contributed by atoms with E-state index in [1.807, 2.05) is 6.92 Å². The van der Waals surface area contributed by atoms with Crippen molar-refractivity contribution >= 4 is 33.3 Å². The molecule has 29 heavy (non-hydrogen) atoms. The van der Waals surface area contributed by atoms with E-state index in [1.54, 1.807) is 37.7 Å². The maximum Gasteiger partial charge on any atom is 0.338 e. The monoisotopic (exact) mass is 413 g/mol. The van der Waals surface area contributed by atoms with E-state index < -0.39 is 5.97 Å². The molecule has 0 unspecified atom stereocenters. The fourth-order valence-electron chi connectivity index (χ4n) is 3.71. The van der Waals surface area contributed by atoms with E-state index in [2.05, 4.69) is 9.97 Å². The van der Waals surface area contributed by atoms with Crippen LogP contribution in [0.25, 0.3) is 10.2 Å². The molecular weight excluding hydrogens is 390 g/mol. The lowest BCUT2D eigenvalue weighted by Gasteiger charge is -2.12. The van der Waals surface area contributed by atoms with Crippen molar-refractivity contribution in [3.8, 4) is 11.5 Å². The van der Waals surface area contributed by atoms with Gasteiger partial charge in [-0.15, -0.1) is 11.3 Å². The van der Waals surface area contributed by atoms with Gasteiger partial charge in [0, 0.05) is 10.4 Å². The second-order valence-corrected chi connectivity index (χ2v) is 8.08. The Balaban J connectivity index is 1.56. The predicted molar refractivity (Wildman–Crippen MR) is 112 cm³/mol. The topological polar surface area (TPSA) is 96.6 Å². The normalized spacial score (nSPS) is 13.2. The molecule has 1 aliphatic carbocycles. The summed E-state index contributed by atoms with van der Waals surface area (Å²) < 4.78 is 16.1. The number of carbonyl (C=O) groups is 1. The summed E-state index contributed by atoms with van der Waals surface area (Å²) in [4.78, 5) is 23.7. The van der Waals surface area contributed by atoms with Gasteiger partial charge >= 0.3 is 5.97 Å². The van der Waals surface area contributed by atoms with Gasteiger partial charge < -0.3 is 19.9 Å². The molecule has 0 bridgehead atoms. The number of nitrogens with two attached hydrogens (primary N) is 1. The van der Waals surface area contributed by atoms with Crippen molar-refractivity contribution in [2.45, 2.75) is 39.2 Å². The number of aryl methyl sites for hydroxylation is 2. The van der Waals surface area contributed by atoms with Crippen molar-refractivity contribution in [1.82, 2.24) is 9.97 Å². The highest BCUT2D eigenvalue weighted by molar-refractivity contribution is 7.19. The first kappa shape index (κ1) is 19.4. The molecule has 0 saturated carbocycles. The Hall–Kier alpha value is -2.87. The van der Waals surface area contributed by atoms with Crippen molar-refractivity contribution in [1.29, 1.82) is 0 Å². The molecule has 7 nitrogen and oxygen atoms in total. The summed E-state index contributed by atoms with van der Waals surface area (Å²) in [6.07, 6.45) is 4.45. The molecule has 0 atom stereocenters. The Morgan fingerprint density at radius 3 is 2.52 bits per heavy atom. The van der Waals surface area contributed by atoms with Gasteiger partial charge in [-0.1, -0.05) is 0 Å². The summed E-state index contributed by atoms with van der Waals surface area (Å²) in [6, 6.07) is 3.26. The molecule has 152 valence electrons. The lowest BCUT2D eigenvalue weighted by Crippen LogP contribution is -2.09. The number of nitrogens with zero attached hydrogens (tertiary/aromatic N) is 2. The van der Waals surface area contributed by atoms with Crippen molar-refractivity contribution in [3.05, 3.63) is 39.5 Å². The van der Waals surface area contributed by atoms with Crippen molar-refractivity contribution in [2.24, 2.45) is 0 Å². The zero-order valence-corrected chi connectivity index (χ0v) is 17.5. The SMILES string of the molecule is COc1cc(C(=O)OCc2nc(N)c3c4c(sc3n2)CCCC4)cc(OC)c1C. The molecule has 0 radical (unpaired) electrons. The fourth-order valence-corrected chi connectivity index (χ4v) is 5.00. The number of thiophene rings is 1. The highest BCUT2D eigenvalue weighted by atomic mass is 32.1. The van der Waals surface area contributed by atoms with E-state index >= 15 is 0 Å². The third kappa shape index (κ3) is 3.60. The van der Waals surface area contributed by atoms with Gasteiger partial charge in [-0.2, -0.15) is 0 Å². The van der Waals surface area contributed by atoms with Crippen molar-refractivity contribution in [3.63, 3.8) is 0 Å². The molecular formula is C21H23N3O4S. The van der Waals surface area contributed by atoms with E-state index in [0.29, 0.717) is 28.7 Å². The van der Waals surface area contributed by atoms with E-state index in [9.17, 15) is 4.79 Å². The number of benzene rings is 1. The average molecular weight is 413 g/mol. The number of hydrogen-bond acceptors (Lipinski definition) is 8. The van der Waals surface area contributed by atoms with Crippen LogP contribution in [0.4, 0.5) is 5.82 Å². The van der Waals surface area contributed by atoms with E-state index in [1.165, 1.54) is 23.3 Å². The van der Waals surface area contributed by atoms with Crippen LogP contribution < -0.4 is 15.2 Å². The summed E-state index contributed by atoms with van der Waals surface area (Å²) in [5.41, 5.74) is 8.66. The van der Waals surface area contributed by atoms with E-state index in [0.717, 1.165) is 28.6 Å². The summed E-state index contributed by atoms with van der Waals surface area (Å²) in [7, 11) is 3.09. The third-order valence-corrected chi connectivity index (χ3v) is 6.39. The number of rotatable bonds is 5. The largest absolute Gasteiger partial charge is 0.496 e. The first-order chi connectivity index (χ1) is 14.0. The molecule has 1 aromatic carbocycles. The number of esters is 1. The molecule has 0 spiro atoms. The number of anilines is 1. The van der Waals surface area contributed by atoms with Crippen LogP contribution in [0.2, 0.25) is 0 Å². The lowest BCUT2D eigenvalue weighted by molar-refractivity contribution is 0.0462. The number of methoxy groups -OCH3 is 2. The Morgan fingerprint density at radius 1 is 1.14 bits per heavy atom. The molecule has 3 aromatic rings. The number of aromatic nitrogens is 2. The number of fused-ring (bicyclic) bond motifs is 3. The van der Waals surface area contributed by atoms with Crippen LogP contribution in [0.15, 0.2) is 12.1 Å². The molecule has 1 aliphatic rings.